The van der Waals surface area contributed by atoms with Gasteiger partial charge in [0.05, 0.1) is 0 Å². The molecule has 66 valence electrons. The number of rotatable bonds is 0. The molecule has 0 N–H and O–H groups in total. The first kappa shape index (κ1) is 11.5. The molecule has 2 heteroatoms. The van der Waals surface area contributed by atoms with E-state index in [1.165, 1.54) is 5.29 Å². The molecule has 0 amide bonds. The van der Waals surface area contributed by atoms with Crippen molar-refractivity contribution in [2.45, 2.75) is 41.5 Å². The molecule has 0 unspecified atom stereocenters. The maximum absolute atomic E-state index is 5.87. The monoisotopic (exact) mass is 192 g/mol. The Morgan fingerprint density at radius 1 is 0.909 bits per heavy atom. The molecule has 0 atom stereocenters. The molecule has 0 radical (unpaired) electrons. The van der Waals surface area contributed by atoms with Gasteiger partial charge in [0.2, 0.25) is 0 Å². The van der Waals surface area contributed by atoms with E-state index in [4.69, 9.17) is 11.2 Å². The predicted molar refractivity (Wildman–Crippen MR) is 56.7 cm³/mol. The third-order valence-corrected chi connectivity index (χ3v) is 3.52. The van der Waals surface area contributed by atoms with Crippen LogP contribution >= 0.6 is 18.8 Å². The molecule has 0 bridgehead atoms. The average molecular weight is 193 g/mol. The van der Waals surface area contributed by atoms with Gasteiger partial charge in [0.1, 0.15) is 0 Å². The zero-order chi connectivity index (χ0) is 9.28. The fraction of sp³-hybridized carbons (Fsp3) is 0.889. The number of hydrogen-bond donors (Lipinski definition) is 0. The van der Waals surface area contributed by atoms with Gasteiger partial charge in [0.25, 0.3) is 0 Å². The maximum Gasteiger partial charge on any atom is 0.00579 e. The van der Waals surface area contributed by atoms with Gasteiger partial charge in [-0.1, -0.05) is 52.8 Å². The molecule has 0 aliphatic rings. The Balaban J connectivity index is 4.74. The van der Waals surface area contributed by atoms with Crippen LogP contribution in [0.15, 0.2) is 0 Å². The van der Waals surface area contributed by atoms with Crippen molar-refractivity contribution in [3.63, 3.8) is 0 Å². The first-order chi connectivity index (χ1) is 4.69. The van der Waals surface area contributed by atoms with Crippen LogP contribution in [0.5, 0.6) is 0 Å². The number of halogens is 1. The van der Waals surface area contributed by atoms with Crippen LogP contribution in [0.3, 0.4) is 0 Å². The van der Waals surface area contributed by atoms with Crippen LogP contribution in [-0.2, 0) is 0 Å². The van der Waals surface area contributed by atoms with Crippen molar-refractivity contribution in [1.29, 1.82) is 0 Å². The van der Waals surface area contributed by atoms with Crippen molar-refractivity contribution in [1.82, 2.24) is 0 Å². The van der Waals surface area contributed by atoms with Crippen LogP contribution in [0.25, 0.3) is 0 Å². The molecule has 0 aromatic heterocycles. The summed E-state index contributed by atoms with van der Waals surface area (Å²) in [6.45, 7) is 13.3. The lowest BCUT2D eigenvalue weighted by molar-refractivity contribution is 0.493. The van der Waals surface area contributed by atoms with Crippen LogP contribution in [0.1, 0.15) is 41.5 Å². The van der Waals surface area contributed by atoms with Crippen molar-refractivity contribution < 1.29 is 0 Å². The highest BCUT2D eigenvalue weighted by Gasteiger charge is 2.28. The summed E-state index contributed by atoms with van der Waals surface area (Å²) in [5.41, 5.74) is 0.448. The molecule has 0 heterocycles. The molecule has 0 aliphatic heterocycles. The molecular formula is C9H18ClP. The molecule has 0 aliphatic carbocycles. The highest BCUT2D eigenvalue weighted by atomic mass is 35.7. The van der Waals surface area contributed by atoms with Crippen LogP contribution in [0.4, 0.5) is 0 Å². The molecule has 0 fully saturated rings. The zero-order valence-corrected chi connectivity index (χ0v) is 9.98. The van der Waals surface area contributed by atoms with Gasteiger partial charge >= 0.3 is 0 Å². The molecular weight excluding hydrogens is 175 g/mol. The van der Waals surface area contributed by atoms with Crippen molar-refractivity contribution in [3.8, 4) is 0 Å². The second-order valence-electron chi connectivity index (χ2n) is 4.93. The van der Waals surface area contributed by atoms with Crippen LogP contribution in [-0.4, -0.2) is 5.29 Å². The van der Waals surface area contributed by atoms with Crippen molar-refractivity contribution in [2.75, 3.05) is 0 Å². The van der Waals surface area contributed by atoms with Gasteiger partial charge in [-0.3, -0.25) is 0 Å². The molecule has 0 nitrogen and oxygen atoms in total. The summed E-state index contributed by atoms with van der Waals surface area (Å²) in [5, 5.41) is 1.40. The van der Waals surface area contributed by atoms with E-state index in [9.17, 15) is 0 Å². The Bertz CT molecular complexity index is 141. The van der Waals surface area contributed by atoms with Gasteiger partial charge in [-0.15, -0.1) is 0 Å². The molecule has 0 saturated carbocycles. The largest absolute Gasteiger partial charge is 0.0572 e. The molecule has 0 saturated heterocycles. The summed E-state index contributed by atoms with van der Waals surface area (Å²) in [6.07, 6.45) is 0. The normalized spacial score (nSPS) is 13.7. The topological polar surface area (TPSA) is 0 Å². The van der Waals surface area contributed by atoms with Crippen molar-refractivity contribution >= 4 is 24.1 Å². The third kappa shape index (κ3) is 3.58. The highest BCUT2D eigenvalue weighted by molar-refractivity contribution is 7.69. The van der Waals surface area contributed by atoms with Gasteiger partial charge in [0, 0.05) is 7.56 Å². The lowest BCUT2D eigenvalue weighted by Gasteiger charge is -2.32. The molecule has 0 spiro atoms. The quantitative estimate of drug-likeness (QED) is 0.501. The van der Waals surface area contributed by atoms with Crippen molar-refractivity contribution in [3.05, 3.63) is 0 Å². The van der Waals surface area contributed by atoms with E-state index in [1.807, 2.05) is 0 Å². The summed E-state index contributed by atoms with van der Waals surface area (Å²) >= 11 is 5.87. The van der Waals surface area contributed by atoms with Gasteiger partial charge < -0.3 is 0 Å². The number of hydrogen-bond acceptors (Lipinski definition) is 0. The summed E-state index contributed by atoms with van der Waals surface area (Å²) in [6, 6.07) is 0. The summed E-state index contributed by atoms with van der Waals surface area (Å²) in [4.78, 5) is 0. The van der Waals surface area contributed by atoms with E-state index in [0.29, 0.717) is 0 Å². The van der Waals surface area contributed by atoms with Gasteiger partial charge in [-0.05, 0) is 16.1 Å². The van der Waals surface area contributed by atoms with Crippen LogP contribution < -0.4 is 0 Å². The fourth-order valence-electron chi connectivity index (χ4n) is 1.38. The van der Waals surface area contributed by atoms with E-state index in [1.54, 1.807) is 0 Å². The lowest BCUT2D eigenvalue weighted by atomic mass is 9.77. The summed E-state index contributed by atoms with van der Waals surface area (Å²) in [7, 11) is 0.907. The molecule has 11 heavy (non-hydrogen) atoms. The van der Waals surface area contributed by atoms with Gasteiger partial charge in [-0.2, -0.15) is 0 Å². The molecule has 0 aromatic carbocycles. The Kier molecular flexibility index (Phi) is 3.60. The summed E-state index contributed by atoms with van der Waals surface area (Å²) in [5.74, 6) is 0. The predicted octanol–water partition coefficient (Wildman–Crippen LogP) is 4.35. The minimum Gasteiger partial charge on any atom is -0.0572 e. The fourth-order valence-corrected chi connectivity index (χ4v) is 3.41. The standard InChI is InChI=1S/C9H18ClP/c1-8(2,3)7(11-10)9(4,5)6/h1-6H3. The van der Waals surface area contributed by atoms with E-state index < -0.39 is 0 Å². The average Bonchev–Trinajstić information content (AvgIpc) is 1.56. The second kappa shape index (κ2) is 3.46. The summed E-state index contributed by atoms with van der Waals surface area (Å²) < 4.78 is 0. The first-order valence-electron chi connectivity index (χ1n) is 3.89. The Labute approximate surface area is 76.9 Å². The Morgan fingerprint density at radius 3 is 1.18 bits per heavy atom. The van der Waals surface area contributed by atoms with Gasteiger partial charge in [-0.25, -0.2) is 0 Å². The maximum atomic E-state index is 5.87. The second-order valence-corrected chi connectivity index (χ2v) is 6.06. The van der Waals surface area contributed by atoms with Gasteiger partial charge in [0.15, 0.2) is 0 Å². The zero-order valence-electron chi connectivity index (χ0n) is 8.33. The van der Waals surface area contributed by atoms with E-state index in [0.717, 1.165) is 7.56 Å². The first-order valence-corrected chi connectivity index (χ1v) is 5.69. The Hall–Kier alpha value is 0.460. The van der Waals surface area contributed by atoms with E-state index >= 15 is 0 Å². The van der Waals surface area contributed by atoms with E-state index in [2.05, 4.69) is 41.5 Å². The van der Waals surface area contributed by atoms with Crippen LogP contribution in [0.2, 0.25) is 0 Å². The smallest absolute Gasteiger partial charge is 0.00579 e. The minimum atomic E-state index is 0.224. The third-order valence-electron chi connectivity index (χ3n) is 1.51. The Morgan fingerprint density at radius 2 is 1.18 bits per heavy atom. The highest BCUT2D eigenvalue weighted by Crippen LogP contribution is 2.35. The lowest BCUT2D eigenvalue weighted by Crippen LogP contribution is -2.30. The van der Waals surface area contributed by atoms with E-state index in [-0.39, 0.29) is 10.8 Å². The van der Waals surface area contributed by atoms with Crippen LogP contribution in [0, 0.1) is 10.8 Å². The molecule has 0 rings (SSSR count). The molecule has 0 aromatic rings. The van der Waals surface area contributed by atoms with Crippen molar-refractivity contribution in [2.24, 2.45) is 10.8 Å². The minimum absolute atomic E-state index is 0.224. The SMILES string of the molecule is CC(C)(C)C(=PCl)C(C)(C)C.